The van der Waals surface area contributed by atoms with Crippen LogP contribution < -0.4 is 0 Å². The average Bonchev–Trinajstić information content (AvgIpc) is 2.75. The van der Waals surface area contributed by atoms with Crippen LogP contribution in [0.5, 0.6) is 0 Å². The molecule has 0 radical (unpaired) electrons. The number of carboxylic acids is 1. The van der Waals surface area contributed by atoms with Gasteiger partial charge in [-0.25, -0.2) is 0 Å². The highest BCUT2D eigenvalue weighted by Crippen LogP contribution is 2.73. The monoisotopic (exact) mass is 1100 g/mol. The van der Waals surface area contributed by atoms with Crippen molar-refractivity contribution in [2.24, 2.45) is 151 Å². The van der Waals surface area contributed by atoms with Crippen LogP contribution in [0.15, 0.2) is 0 Å². The second-order valence-corrected chi connectivity index (χ2v) is 33.9. The summed E-state index contributed by atoms with van der Waals surface area (Å²) in [6, 6.07) is 0. The Morgan fingerprint density at radius 2 is 0.924 bits per heavy atom. The molecule has 0 aromatic carbocycles. The van der Waals surface area contributed by atoms with Crippen LogP contribution in [0.3, 0.4) is 0 Å². The Morgan fingerprint density at radius 3 is 1.43 bits per heavy atom. The summed E-state index contributed by atoms with van der Waals surface area (Å²) in [7, 11) is 0. The van der Waals surface area contributed by atoms with Crippen molar-refractivity contribution in [2.75, 3.05) is 0 Å². The van der Waals surface area contributed by atoms with E-state index in [2.05, 4.69) is 90.0 Å². The van der Waals surface area contributed by atoms with Gasteiger partial charge in [0, 0.05) is 6.42 Å². The molecular formula is C72H124O7. The van der Waals surface area contributed by atoms with Crippen LogP contribution in [0, 0.1) is 151 Å². The van der Waals surface area contributed by atoms with E-state index in [1.165, 1.54) is 96.3 Å². The van der Waals surface area contributed by atoms with Gasteiger partial charge in [-0.05, 0) is 279 Å². The van der Waals surface area contributed by atoms with Crippen molar-refractivity contribution >= 4 is 5.97 Å². The molecule has 0 unspecified atom stereocenters. The Kier molecular flexibility index (Phi) is 17.7. The quantitative estimate of drug-likeness (QED) is 0.142. The van der Waals surface area contributed by atoms with Gasteiger partial charge in [0.2, 0.25) is 0 Å². The predicted octanol–water partition coefficient (Wildman–Crippen LogP) is 16.0. The summed E-state index contributed by atoms with van der Waals surface area (Å²) in [5.74, 6) is 12.4. The maximum atomic E-state index is 11.5. The first-order valence-electron chi connectivity index (χ1n) is 34.8. The fourth-order valence-corrected chi connectivity index (χ4v) is 26.7. The maximum absolute atomic E-state index is 11.5. The van der Waals surface area contributed by atoms with Crippen LogP contribution in [0.25, 0.3) is 0 Å². The largest absolute Gasteiger partial charge is 0.481 e. The van der Waals surface area contributed by atoms with Crippen molar-refractivity contribution in [3.63, 3.8) is 0 Å². The molecule has 0 saturated heterocycles. The number of carboxylic acid groups (broad SMARTS) is 1. The fourth-order valence-electron chi connectivity index (χ4n) is 26.7. The van der Waals surface area contributed by atoms with Crippen LogP contribution in [0.4, 0.5) is 0 Å². The molecule has 0 aromatic rings. The van der Waals surface area contributed by atoms with Gasteiger partial charge in [0.05, 0.1) is 30.5 Å². The van der Waals surface area contributed by atoms with Crippen LogP contribution in [0.1, 0.15) is 263 Å². The molecule has 0 bridgehead atoms. The smallest absolute Gasteiger partial charge is 0.303 e. The van der Waals surface area contributed by atoms with E-state index in [9.17, 15) is 30.3 Å². The fraction of sp³-hybridized carbons (Fsp3) is 0.986. The highest BCUT2D eigenvalue weighted by Gasteiger charge is 2.68. The van der Waals surface area contributed by atoms with Gasteiger partial charge in [0.15, 0.2) is 0 Å². The summed E-state index contributed by atoms with van der Waals surface area (Å²) < 4.78 is 0. The minimum Gasteiger partial charge on any atom is -0.481 e. The van der Waals surface area contributed by atoms with E-state index in [0.29, 0.717) is 81.8 Å². The number of aliphatic hydroxyl groups is 5. The lowest BCUT2D eigenvalue weighted by Gasteiger charge is -2.64. The van der Waals surface area contributed by atoms with Gasteiger partial charge in [0.25, 0.3) is 0 Å². The SMILES string of the molecule is CC(C)[C@H]1CC[C@H]2[C@@H]3[C@H](C)C[C@@H]4CCCC[C@]4(C)[C@H]3C[C@H](C)[C@]12C.CCC[C@@H](C)[C@H]1CC[C@H]2[C@@H]3[C@H](O)C[C@@H]4CCCC[C@]4(C)[C@H]3C[C@H](O)[C@]12C.C[C@H](CCC(=O)O)[C@H]1CC[C@H]2[C@@H]3[C@H](O)C[C@@H]4C[C@H](O)CC[C@]4(C)[C@H]3C[C@H](O)[C@]12C. The first-order valence-corrected chi connectivity index (χ1v) is 34.8. The summed E-state index contributed by atoms with van der Waals surface area (Å²) in [5.41, 5.74) is 1.55. The number of aliphatic hydroxyl groups excluding tert-OH is 5. The van der Waals surface area contributed by atoms with Gasteiger partial charge >= 0.3 is 5.97 Å². The van der Waals surface area contributed by atoms with Crippen molar-refractivity contribution in [3.8, 4) is 0 Å². The zero-order chi connectivity index (χ0) is 57.1. The van der Waals surface area contributed by atoms with Crippen molar-refractivity contribution in [1.29, 1.82) is 0 Å². The second-order valence-electron chi connectivity index (χ2n) is 33.9. The van der Waals surface area contributed by atoms with Crippen molar-refractivity contribution in [3.05, 3.63) is 0 Å². The molecule has 12 saturated carbocycles. The normalized spacial score (nSPS) is 54.9. The van der Waals surface area contributed by atoms with Gasteiger partial charge in [-0.3, -0.25) is 4.79 Å². The van der Waals surface area contributed by atoms with Gasteiger partial charge < -0.3 is 30.6 Å². The molecule has 0 aliphatic heterocycles. The summed E-state index contributed by atoms with van der Waals surface area (Å²) >= 11 is 0. The minimum atomic E-state index is -0.748. The zero-order valence-corrected chi connectivity index (χ0v) is 53.1. The van der Waals surface area contributed by atoms with E-state index in [1.54, 1.807) is 6.42 Å². The van der Waals surface area contributed by atoms with E-state index in [-0.39, 0.29) is 58.9 Å². The molecule has 0 spiro atoms. The Hall–Kier alpha value is -0.730. The topological polar surface area (TPSA) is 138 Å². The third-order valence-corrected chi connectivity index (χ3v) is 30.9. The lowest BCUT2D eigenvalue weighted by molar-refractivity contribution is -0.207. The van der Waals surface area contributed by atoms with E-state index >= 15 is 0 Å². The molecule has 0 aromatic heterocycles. The summed E-state index contributed by atoms with van der Waals surface area (Å²) in [6.45, 7) is 32.1. The molecular weight excluding hydrogens is 977 g/mol. The summed E-state index contributed by atoms with van der Waals surface area (Å²) in [6.07, 6.45) is 30.2. The summed E-state index contributed by atoms with van der Waals surface area (Å²) in [4.78, 5) is 11.1. The summed E-state index contributed by atoms with van der Waals surface area (Å²) in [5, 5.41) is 64.7. The molecule has 79 heavy (non-hydrogen) atoms. The molecule has 454 valence electrons. The highest BCUT2D eigenvalue weighted by atomic mass is 16.4. The zero-order valence-electron chi connectivity index (χ0n) is 53.1. The standard InChI is InChI=1S/C24H40O5.C24H42O2.C24H42/c1-13(4-7-21(28)29)16-5-6-17-22-18(12-20(27)24(16,17)3)23(2)9-8-15(25)10-14(23)11-19(22)26;1-5-8-15(2)17-10-11-18-22-19(14-21(26)24(17,18)4)23(3)12-7-6-9-16(23)13-20(22)25;1-15(2)19-10-11-20-22-16(3)13-18-9-7-8-12-23(18,5)21(22)14-17(4)24(19,20)6/h13-20,22,25-27H,4-12H2,1-3H3,(H,28,29);15-22,25-26H,5-14H2,1-4H3;15-22H,7-14H2,1-6H3/t13-,14+,15-,16-,17+,18+,19-,20+,22+,23+,24-;15-,16+,17-,18+,19+,20-,21+,22+,23+,24-;16-,17+,18+,19-,20+,21+,22+,23+,24-/m111/s1. The van der Waals surface area contributed by atoms with Crippen molar-refractivity contribution in [1.82, 2.24) is 0 Å². The molecule has 7 nitrogen and oxygen atoms in total. The van der Waals surface area contributed by atoms with E-state index < -0.39 is 12.1 Å². The third kappa shape index (κ3) is 9.90. The van der Waals surface area contributed by atoms with Crippen LogP contribution in [-0.4, -0.2) is 67.1 Å². The average molecular weight is 1100 g/mol. The Balaban J connectivity index is 0.000000134. The number of aliphatic carboxylic acids is 1. The number of hydrogen-bond acceptors (Lipinski definition) is 6. The predicted molar refractivity (Wildman–Crippen MR) is 320 cm³/mol. The first kappa shape index (κ1) is 61.4. The Labute approximate surface area is 484 Å². The van der Waals surface area contributed by atoms with Gasteiger partial charge in [0.1, 0.15) is 0 Å². The molecule has 0 heterocycles. The molecule has 30 atom stereocenters. The van der Waals surface area contributed by atoms with Crippen LogP contribution in [0.2, 0.25) is 0 Å². The lowest BCUT2D eigenvalue weighted by atomic mass is 9.41. The van der Waals surface area contributed by atoms with Gasteiger partial charge in [-0.1, -0.05) is 129 Å². The first-order chi connectivity index (χ1) is 37.2. The number of carbonyl (C=O) groups is 1. The third-order valence-electron chi connectivity index (χ3n) is 30.9. The lowest BCUT2D eigenvalue weighted by Crippen LogP contribution is -2.62. The highest BCUT2D eigenvalue weighted by molar-refractivity contribution is 5.66. The van der Waals surface area contributed by atoms with Crippen molar-refractivity contribution < 1.29 is 35.4 Å². The number of rotatable bonds is 8. The van der Waals surface area contributed by atoms with Gasteiger partial charge in [-0.15, -0.1) is 0 Å². The maximum Gasteiger partial charge on any atom is 0.303 e. The molecule has 12 fully saturated rings. The number of hydrogen-bond donors (Lipinski definition) is 6. The van der Waals surface area contributed by atoms with Crippen LogP contribution in [-0.2, 0) is 4.79 Å². The molecule has 12 aliphatic rings. The molecule has 12 aliphatic carbocycles. The van der Waals surface area contributed by atoms with E-state index in [4.69, 9.17) is 5.11 Å². The van der Waals surface area contributed by atoms with E-state index in [1.807, 2.05) is 0 Å². The number of fused-ring (bicyclic) bond motifs is 15. The Bertz CT molecular complexity index is 2090. The van der Waals surface area contributed by atoms with Gasteiger partial charge in [-0.2, -0.15) is 0 Å². The second kappa shape index (κ2) is 22.8. The van der Waals surface area contributed by atoms with E-state index in [0.717, 1.165) is 105 Å². The molecule has 7 heteroatoms. The minimum absolute atomic E-state index is 0.0224. The van der Waals surface area contributed by atoms with Crippen molar-refractivity contribution in [2.45, 2.75) is 294 Å². The molecule has 6 N–H and O–H groups in total. The van der Waals surface area contributed by atoms with Crippen LogP contribution >= 0.6 is 0 Å². The Morgan fingerprint density at radius 1 is 0.468 bits per heavy atom. The molecule has 0 amide bonds. The molecule has 12 rings (SSSR count).